The summed E-state index contributed by atoms with van der Waals surface area (Å²) in [5.74, 6) is -1.74. The fourth-order valence-corrected chi connectivity index (χ4v) is 3.98. The van der Waals surface area contributed by atoms with Crippen molar-refractivity contribution in [2.24, 2.45) is 11.3 Å². The first kappa shape index (κ1) is 19.8. The Hall–Kier alpha value is -3.45. The number of hydroxylamine groups is 1. The van der Waals surface area contributed by atoms with Gasteiger partial charge in [0, 0.05) is 16.6 Å². The first-order chi connectivity index (χ1) is 14.4. The minimum atomic E-state index is -1.16. The molecule has 1 aromatic heterocycles. The molecular formula is C23H22N2O5. The number of pyridine rings is 1. The Bertz CT molecular complexity index is 1110. The lowest BCUT2D eigenvalue weighted by Crippen LogP contribution is -2.29. The van der Waals surface area contributed by atoms with E-state index in [1.165, 1.54) is 0 Å². The summed E-state index contributed by atoms with van der Waals surface area (Å²) in [5.41, 5.74) is 4.08. The number of hydrogen-bond acceptors (Lipinski definition) is 5. The molecule has 3 aromatic rings. The van der Waals surface area contributed by atoms with Crippen molar-refractivity contribution in [1.29, 1.82) is 0 Å². The summed E-state index contributed by atoms with van der Waals surface area (Å²) in [6, 6.07) is 17.1. The molecule has 0 aliphatic heterocycles. The molecule has 2 unspecified atom stereocenters. The van der Waals surface area contributed by atoms with E-state index < -0.39 is 23.2 Å². The molecule has 2 atom stereocenters. The standard InChI is InChI=1S/C23H22N2O5/c1-14-10-16(18-4-2-3-5-20(18)24-14)13-30-17-8-6-15(7-9-17)11-23(22(27)28)12-19(23)21(26)25-29/h2-10,19,29H,11-13H2,1H3,(H,25,26)(H,27,28). The van der Waals surface area contributed by atoms with Gasteiger partial charge in [0.2, 0.25) is 5.91 Å². The normalized spacial score (nSPS) is 20.0. The highest BCUT2D eigenvalue weighted by atomic mass is 16.5. The number of aliphatic carboxylic acids is 1. The number of nitrogens with zero attached hydrogens (tertiary/aromatic N) is 1. The van der Waals surface area contributed by atoms with Crippen LogP contribution in [0.25, 0.3) is 10.9 Å². The van der Waals surface area contributed by atoms with Crippen molar-refractivity contribution < 1.29 is 24.6 Å². The second kappa shape index (κ2) is 7.76. The maximum atomic E-state index is 11.7. The van der Waals surface area contributed by atoms with Gasteiger partial charge in [-0.2, -0.15) is 0 Å². The van der Waals surface area contributed by atoms with Crippen molar-refractivity contribution in [2.45, 2.75) is 26.4 Å². The van der Waals surface area contributed by atoms with Crippen LogP contribution in [0.15, 0.2) is 54.6 Å². The molecule has 1 fully saturated rings. The second-order valence-electron chi connectivity index (χ2n) is 7.74. The van der Waals surface area contributed by atoms with Gasteiger partial charge >= 0.3 is 5.97 Å². The quantitative estimate of drug-likeness (QED) is 0.411. The summed E-state index contributed by atoms with van der Waals surface area (Å²) in [6.45, 7) is 2.34. The molecule has 0 spiro atoms. The Morgan fingerprint density at radius 3 is 2.63 bits per heavy atom. The Labute approximate surface area is 173 Å². The van der Waals surface area contributed by atoms with E-state index in [1.54, 1.807) is 17.6 Å². The van der Waals surface area contributed by atoms with Gasteiger partial charge < -0.3 is 9.84 Å². The van der Waals surface area contributed by atoms with Crippen LogP contribution < -0.4 is 10.2 Å². The third kappa shape index (κ3) is 3.71. The van der Waals surface area contributed by atoms with Crippen molar-refractivity contribution >= 4 is 22.8 Å². The molecule has 0 saturated heterocycles. The number of aromatic nitrogens is 1. The molecule has 3 N–H and O–H groups in total. The average Bonchev–Trinajstić information content (AvgIpc) is 3.48. The summed E-state index contributed by atoms with van der Waals surface area (Å²) in [7, 11) is 0. The number of carbonyl (C=O) groups is 2. The highest BCUT2D eigenvalue weighted by Gasteiger charge is 2.63. The van der Waals surface area contributed by atoms with Gasteiger partial charge in [-0.05, 0) is 49.6 Å². The lowest BCUT2D eigenvalue weighted by Gasteiger charge is -2.13. The Balaban J connectivity index is 1.45. The molecule has 2 aromatic carbocycles. The topological polar surface area (TPSA) is 109 Å². The largest absolute Gasteiger partial charge is 0.489 e. The van der Waals surface area contributed by atoms with Gasteiger partial charge in [0.15, 0.2) is 0 Å². The number of nitrogens with one attached hydrogen (secondary N) is 1. The molecule has 1 aliphatic carbocycles. The Morgan fingerprint density at radius 1 is 1.20 bits per heavy atom. The van der Waals surface area contributed by atoms with E-state index in [4.69, 9.17) is 9.94 Å². The van der Waals surface area contributed by atoms with Crippen LogP contribution in [0.2, 0.25) is 0 Å². The van der Waals surface area contributed by atoms with Gasteiger partial charge in [-0.3, -0.25) is 19.8 Å². The molecule has 154 valence electrons. The predicted octanol–water partition coefficient (Wildman–Crippen LogP) is 3.26. The summed E-state index contributed by atoms with van der Waals surface area (Å²) in [5, 5.41) is 19.4. The highest BCUT2D eigenvalue weighted by molar-refractivity contribution is 5.92. The highest BCUT2D eigenvalue weighted by Crippen LogP contribution is 2.55. The first-order valence-corrected chi connectivity index (χ1v) is 9.67. The van der Waals surface area contributed by atoms with E-state index in [-0.39, 0.29) is 12.8 Å². The van der Waals surface area contributed by atoms with E-state index in [2.05, 4.69) is 4.98 Å². The van der Waals surface area contributed by atoms with Gasteiger partial charge in [0.1, 0.15) is 12.4 Å². The van der Waals surface area contributed by atoms with E-state index in [0.717, 1.165) is 27.7 Å². The molecule has 0 radical (unpaired) electrons. The van der Waals surface area contributed by atoms with Gasteiger partial charge in [-0.25, -0.2) is 5.48 Å². The fourth-order valence-electron chi connectivity index (χ4n) is 3.98. The van der Waals surface area contributed by atoms with Gasteiger partial charge in [-0.15, -0.1) is 0 Å². The number of rotatable bonds is 7. The van der Waals surface area contributed by atoms with Crippen molar-refractivity contribution in [2.75, 3.05) is 0 Å². The summed E-state index contributed by atoms with van der Waals surface area (Å²) >= 11 is 0. The van der Waals surface area contributed by atoms with Crippen molar-refractivity contribution in [3.05, 3.63) is 71.4 Å². The smallest absolute Gasteiger partial charge is 0.310 e. The lowest BCUT2D eigenvalue weighted by molar-refractivity contribution is -0.146. The van der Waals surface area contributed by atoms with E-state index in [9.17, 15) is 14.7 Å². The van der Waals surface area contributed by atoms with Crippen LogP contribution >= 0.6 is 0 Å². The minimum absolute atomic E-state index is 0.210. The number of aryl methyl sites for hydroxylation is 1. The molecule has 1 saturated carbocycles. The van der Waals surface area contributed by atoms with Crippen LogP contribution in [-0.4, -0.2) is 27.2 Å². The second-order valence-corrected chi connectivity index (χ2v) is 7.74. The number of carbonyl (C=O) groups excluding carboxylic acids is 1. The SMILES string of the molecule is Cc1cc(COc2ccc(CC3(C(=O)O)CC3C(=O)NO)cc2)c2ccccc2n1. The summed E-state index contributed by atoms with van der Waals surface area (Å²) in [4.78, 5) is 27.8. The molecule has 1 amide bonds. The van der Waals surface area contributed by atoms with Crippen LogP contribution in [0.4, 0.5) is 0 Å². The van der Waals surface area contributed by atoms with Crippen LogP contribution in [0, 0.1) is 18.3 Å². The zero-order chi connectivity index (χ0) is 21.3. The molecule has 7 heteroatoms. The molecular weight excluding hydrogens is 384 g/mol. The molecule has 30 heavy (non-hydrogen) atoms. The summed E-state index contributed by atoms with van der Waals surface area (Å²) in [6.07, 6.45) is 0.427. The maximum Gasteiger partial charge on any atom is 0.310 e. The minimum Gasteiger partial charge on any atom is -0.489 e. The van der Waals surface area contributed by atoms with Gasteiger partial charge in [-0.1, -0.05) is 30.3 Å². The monoisotopic (exact) mass is 406 g/mol. The Kier molecular flexibility index (Phi) is 5.13. The number of para-hydroxylation sites is 1. The fraction of sp³-hybridized carbons (Fsp3) is 0.261. The first-order valence-electron chi connectivity index (χ1n) is 9.67. The third-order valence-corrected chi connectivity index (χ3v) is 5.70. The number of carboxylic acids is 1. The number of benzene rings is 2. The number of amides is 1. The van der Waals surface area contributed by atoms with E-state index in [0.29, 0.717) is 12.4 Å². The van der Waals surface area contributed by atoms with Crippen LogP contribution in [0.5, 0.6) is 5.75 Å². The number of carboxylic acid groups (broad SMARTS) is 1. The number of fused-ring (bicyclic) bond motifs is 1. The van der Waals surface area contributed by atoms with Crippen molar-refractivity contribution in [1.82, 2.24) is 10.5 Å². The molecule has 1 heterocycles. The van der Waals surface area contributed by atoms with Gasteiger partial charge in [0.25, 0.3) is 0 Å². The number of ether oxygens (including phenoxy) is 1. The molecule has 7 nitrogen and oxygen atoms in total. The van der Waals surface area contributed by atoms with Crippen molar-refractivity contribution in [3.8, 4) is 5.75 Å². The van der Waals surface area contributed by atoms with E-state index >= 15 is 0 Å². The third-order valence-electron chi connectivity index (χ3n) is 5.70. The lowest BCUT2D eigenvalue weighted by atomic mass is 9.93. The van der Waals surface area contributed by atoms with Crippen LogP contribution in [-0.2, 0) is 22.6 Å². The van der Waals surface area contributed by atoms with Crippen LogP contribution in [0.3, 0.4) is 0 Å². The maximum absolute atomic E-state index is 11.7. The zero-order valence-electron chi connectivity index (χ0n) is 16.5. The average molecular weight is 406 g/mol. The predicted molar refractivity (Wildman–Crippen MR) is 109 cm³/mol. The van der Waals surface area contributed by atoms with E-state index in [1.807, 2.05) is 49.4 Å². The van der Waals surface area contributed by atoms with Crippen LogP contribution in [0.1, 0.15) is 23.2 Å². The van der Waals surface area contributed by atoms with Crippen molar-refractivity contribution in [3.63, 3.8) is 0 Å². The number of hydrogen-bond donors (Lipinski definition) is 3. The molecule has 4 rings (SSSR count). The zero-order valence-corrected chi connectivity index (χ0v) is 16.5. The molecule has 0 bridgehead atoms. The Morgan fingerprint density at radius 2 is 1.93 bits per heavy atom. The summed E-state index contributed by atoms with van der Waals surface area (Å²) < 4.78 is 5.94. The van der Waals surface area contributed by atoms with Gasteiger partial charge in [0.05, 0.1) is 16.8 Å². The molecule has 1 aliphatic rings.